The summed E-state index contributed by atoms with van der Waals surface area (Å²) in [6.45, 7) is 0.646. The number of carbonyl (C=O) groups is 1. The van der Waals surface area contributed by atoms with Gasteiger partial charge in [-0.2, -0.15) is 4.52 Å². The van der Waals surface area contributed by atoms with Crippen molar-refractivity contribution >= 4 is 22.3 Å². The van der Waals surface area contributed by atoms with E-state index in [1.807, 2.05) is 72.8 Å². The second kappa shape index (κ2) is 8.23. The van der Waals surface area contributed by atoms with Gasteiger partial charge in [0.05, 0.1) is 6.54 Å². The molecule has 0 aliphatic carbocycles. The van der Waals surface area contributed by atoms with Gasteiger partial charge in [-0.15, -0.1) is 15.3 Å². The average molecular weight is 409 g/mol. The van der Waals surface area contributed by atoms with Crippen LogP contribution in [-0.4, -0.2) is 38.9 Å². The first-order valence-electron chi connectivity index (χ1n) is 9.96. The van der Waals surface area contributed by atoms with E-state index in [1.165, 1.54) is 0 Å². The van der Waals surface area contributed by atoms with Crippen LogP contribution in [0.3, 0.4) is 0 Å². The molecule has 0 bridgehead atoms. The van der Waals surface area contributed by atoms with Gasteiger partial charge in [-0.05, 0) is 22.9 Å². The van der Waals surface area contributed by atoms with E-state index < -0.39 is 0 Å². The van der Waals surface area contributed by atoms with Gasteiger partial charge < -0.3 is 10.1 Å². The van der Waals surface area contributed by atoms with Crippen molar-refractivity contribution in [1.29, 1.82) is 0 Å². The van der Waals surface area contributed by atoms with E-state index in [0.717, 1.165) is 16.3 Å². The summed E-state index contributed by atoms with van der Waals surface area (Å²) in [6.07, 6.45) is 0. The number of rotatable bonds is 6. The highest BCUT2D eigenvalue weighted by molar-refractivity contribution is 6.06. The van der Waals surface area contributed by atoms with Gasteiger partial charge in [0, 0.05) is 17.2 Å². The molecule has 0 saturated heterocycles. The van der Waals surface area contributed by atoms with Crippen LogP contribution >= 0.6 is 0 Å². The quantitative estimate of drug-likeness (QED) is 0.432. The molecule has 0 radical (unpaired) electrons. The number of hydrogen-bond donors (Lipinski definition) is 1. The number of benzene rings is 3. The zero-order valence-corrected chi connectivity index (χ0v) is 16.6. The summed E-state index contributed by atoms with van der Waals surface area (Å²) in [5.74, 6) is 0.947. The van der Waals surface area contributed by atoms with Crippen molar-refractivity contribution < 1.29 is 9.53 Å². The largest absolute Gasteiger partial charge is 0.475 e. The van der Waals surface area contributed by atoms with E-state index in [-0.39, 0.29) is 12.5 Å². The summed E-state index contributed by atoms with van der Waals surface area (Å²) in [7, 11) is 0. The highest BCUT2D eigenvalue weighted by Crippen LogP contribution is 2.19. The molecule has 3 aromatic carbocycles. The van der Waals surface area contributed by atoms with Crippen molar-refractivity contribution in [2.45, 2.75) is 0 Å². The van der Waals surface area contributed by atoms with Crippen LogP contribution in [0, 0.1) is 0 Å². The van der Waals surface area contributed by atoms with Gasteiger partial charge in [0.15, 0.2) is 11.5 Å². The van der Waals surface area contributed by atoms with Gasteiger partial charge in [0.2, 0.25) is 5.88 Å². The number of fused-ring (bicyclic) bond motifs is 2. The van der Waals surface area contributed by atoms with E-state index >= 15 is 0 Å². The minimum atomic E-state index is -0.131. The molecule has 0 aliphatic heterocycles. The fourth-order valence-corrected chi connectivity index (χ4v) is 3.46. The minimum Gasteiger partial charge on any atom is -0.475 e. The Morgan fingerprint density at radius 2 is 1.68 bits per heavy atom. The third-order valence-electron chi connectivity index (χ3n) is 4.94. The lowest BCUT2D eigenvalue weighted by atomic mass is 10.0. The molecule has 0 fully saturated rings. The molecule has 0 aliphatic rings. The van der Waals surface area contributed by atoms with Crippen molar-refractivity contribution in [1.82, 2.24) is 25.1 Å². The number of amides is 1. The van der Waals surface area contributed by atoms with Crippen molar-refractivity contribution in [2.75, 3.05) is 13.2 Å². The molecule has 1 N–H and O–H groups in total. The molecular weight excluding hydrogens is 390 g/mol. The van der Waals surface area contributed by atoms with Crippen molar-refractivity contribution in [3.05, 3.63) is 90.5 Å². The van der Waals surface area contributed by atoms with Gasteiger partial charge in [-0.3, -0.25) is 4.79 Å². The second-order valence-corrected chi connectivity index (χ2v) is 6.96. The smallest absolute Gasteiger partial charge is 0.252 e. The lowest BCUT2D eigenvalue weighted by Crippen LogP contribution is -2.28. The topological polar surface area (TPSA) is 81.4 Å². The third-order valence-corrected chi connectivity index (χ3v) is 4.94. The highest BCUT2D eigenvalue weighted by atomic mass is 16.5. The first kappa shape index (κ1) is 18.7. The Labute approximate surface area is 178 Å². The molecule has 2 heterocycles. The Kier molecular flexibility index (Phi) is 4.98. The zero-order chi connectivity index (χ0) is 21.0. The normalized spacial score (nSPS) is 11.0. The number of carbonyl (C=O) groups excluding carboxylic acids is 1. The van der Waals surface area contributed by atoms with Crippen LogP contribution in [0.2, 0.25) is 0 Å². The summed E-state index contributed by atoms with van der Waals surface area (Å²) >= 11 is 0. The van der Waals surface area contributed by atoms with Crippen LogP contribution in [0.4, 0.5) is 0 Å². The Morgan fingerprint density at radius 3 is 2.58 bits per heavy atom. The molecule has 1 amide bonds. The van der Waals surface area contributed by atoms with Crippen molar-refractivity contribution in [3.63, 3.8) is 0 Å². The van der Waals surface area contributed by atoms with E-state index in [0.29, 0.717) is 29.5 Å². The summed E-state index contributed by atoms with van der Waals surface area (Å²) in [5, 5.41) is 17.7. The van der Waals surface area contributed by atoms with Crippen LogP contribution in [0.1, 0.15) is 10.4 Å². The predicted molar refractivity (Wildman–Crippen MR) is 118 cm³/mol. The number of ether oxygens (including phenoxy) is 1. The first-order valence-corrected chi connectivity index (χ1v) is 9.96. The molecule has 5 aromatic rings. The minimum absolute atomic E-state index is 0.131. The Balaban J connectivity index is 1.25. The van der Waals surface area contributed by atoms with Gasteiger partial charge >= 0.3 is 0 Å². The fraction of sp³-hybridized carbons (Fsp3) is 0.0833. The number of nitrogens with one attached hydrogen (secondary N) is 1. The monoisotopic (exact) mass is 409 g/mol. The maximum absolute atomic E-state index is 12.6. The van der Waals surface area contributed by atoms with Crippen LogP contribution < -0.4 is 10.1 Å². The molecule has 152 valence electrons. The summed E-state index contributed by atoms with van der Waals surface area (Å²) in [5.41, 5.74) is 2.20. The second-order valence-electron chi connectivity index (χ2n) is 6.96. The first-order chi connectivity index (χ1) is 15.3. The van der Waals surface area contributed by atoms with Crippen molar-refractivity contribution in [2.24, 2.45) is 0 Å². The Bertz CT molecular complexity index is 1360. The van der Waals surface area contributed by atoms with Gasteiger partial charge in [-0.25, -0.2) is 0 Å². The summed E-state index contributed by atoms with van der Waals surface area (Å²) < 4.78 is 7.40. The number of nitrogens with zero attached hydrogens (tertiary/aromatic N) is 4. The maximum Gasteiger partial charge on any atom is 0.252 e. The summed E-state index contributed by atoms with van der Waals surface area (Å²) in [6, 6.07) is 26.8. The highest BCUT2D eigenvalue weighted by Gasteiger charge is 2.11. The molecule has 0 saturated carbocycles. The van der Waals surface area contributed by atoms with Crippen molar-refractivity contribution in [3.8, 4) is 17.3 Å². The Hall–Kier alpha value is -4.26. The maximum atomic E-state index is 12.6. The molecule has 0 spiro atoms. The number of hydrogen-bond acceptors (Lipinski definition) is 5. The van der Waals surface area contributed by atoms with E-state index in [2.05, 4.69) is 20.6 Å². The summed E-state index contributed by atoms with van der Waals surface area (Å²) in [4.78, 5) is 12.6. The van der Waals surface area contributed by atoms with Crippen LogP contribution in [0.15, 0.2) is 84.9 Å². The molecule has 2 aromatic heterocycles. The molecule has 7 nitrogen and oxygen atoms in total. The Morgan fingerprint density at radius 1 is 0.871 bits per heavy atom. The number of aromatic nitrogens is 4. The molecule has 0 atom stereocenters. The van der Waals surface area contributed by atoms with Crippen LogP contribution in [-0.2, 0) is 0 Å². The molecule has 7 heteroatoms. The van der Waals surface area contributed by atoms with E-state index in [4.69, 9.17) is 4.74 Å². The standard InChI is InChI=1S/C24H19N5O2/c30-24(20-12-6-10-17-7-4-5-11-19(17)20)25-15-16-31-22-14-13-21-26-27-23(29(21)28-22)18-8-2-1-3-9-18/h1-14H,15-16H2,(H,25,30). The van der Waals surface area contributed by atoms with E-state index in [9.17, 15) is 4.79 Å². The molecule has 0 unspecified atom stereocenters. The van der Waals surface area contributed by atoms with Gasteiger partial charge in [0.25, 0.3) is 5.91 Å². The SMILES string of the molecule is O=C(NCCOc1ccc2nnc(-c3ccccc3)n2n1)c1cccc2ccccc12. The average Bonchev–Trinajstić information content (AvgIpc) is 3.25. The fourth-order valence-electron chi connectivity index (χ4n) is 3.46. The third kappa shape index (κ3) is 3.81. The van der Waals surface area contributed by atoms with Gasteiger partial charge in [-0.1, -0.05) is 66.7 Å². The van der Waals surface area contributed by atoms with Gasteiger partial charge in [0.1, 0.15) is 6.61 Å². The lowest BCUT2D eigenvalue weighted by Gasteiger charge is -2.09. The molecule has 31 heavy (non-hydrogen) atoms. The zero-order valence-electron chi connectivity index (χ0n) is 16.6. The predicted octanol–water partition coefficient (Wildman–Crippen LogP) is 3.75. The van der Waals surface area contributed by atoms with Crippen LogP contribution in [0.5, 0.6) is 5.88 Å². The lowest BCUT2D eigenvalue weighted by molar-refractivity contribution is 0.0948. The molecular formula is C24H19N5O2. The molecule has 5 rings (SSSR count). The van der Waals surface area contributed by atoms with E-state index in [1.54, 1.807) is 16.6 Å². The van der Waals surface area contributed by atoms with Crippen LogP contribution in [0.25, 0.3) is 27.8 Å².